The summed E-state index contributed by atoms with van der Waals surface area (Å²) in [5.41, 5.74) is 0. The maximum absolute atomic E-state index is 10.8. The molecule has 0 aliphatic rings. The number of carbonyl (C=O) groups excluding carboxylic acids is 2. The van der Waals surface area contributed by atoms with Crippen LogP contribution >= 0.6 is 22.1 Å². The smallest absolute Gasteiger partial charge is 0.318 e. The minimum Gasteiger partial charge on any atom is -0.376 e. The number of carbonyl (C=O) groups is 2. The van der Waals surface area contributed by atoms with Gasteiger partial charge in [0.2, 0.25) is 0 Å². The van der Waals surface area contributed by atoms with Gasteiger partial charge in [0.05, 0.1) is 0 Å². The number of rotatable bonds is 7. The molecule has 0 aromatic rings. The molecule has 0 spiro atoms. The van der Waals surface area contributed by atoms with Crippen molar-refractivity contribution in [1.82, 2.24) is 0 Å². The summed E-state index contributed by atoms with van der Waals surface area (Å²) in [5, 5.41) is 0. The Morgan fingerprint density at radius 3 is 1.57 bits per heavy atom. The summed E-state index contributed by atoms with van der Waals surface area (Å²) in [5.74, 6) is -0.590. The fourth-order valence-corrected chi connectivity index (χ4v) is 1.59. The van der Waals surface area contributed by atoms with Crippen LogP contribution in [0.5, 0.6) is 0 Å². The first-order valence-electron chi connectivity index (χ1n) is 4.44. The van der Waals surface area contributed by atoms with Crippen LogP contribution in [0.4, 0.5) is 0 Å². The zero-order chi connectivity index (χ0) is 10.8. The summed E-state index contributed by atoms with van der Waals surface area (Å²) < 4.78 is 9.35. The molecule has 82 valence electrons. The van der Waals surface area contributed by atoms with Crippen molar-refractivity contribution in [2.45, 2.75) is 39.5 Å². The SMILES string of the molecule is CCCC(=O)OSSOC(=O)CCC. The highest BCUT2D eigenvalue weighted by atomic mass is 33.1. The third-order valence-corrected chi connectivity index (χ3v) is 2.33. The van der Waals surface area contributed by atoms with E-state index in [0.29, 0.717) is 12.8 Å². The first kappa shape index (κ1) is 13.6. The van der Waals surface area contributed by atoms with Gasteiger partial charge in [-0.25, -0.2) is 0 Å². The monoisotopic (exact) mass is 238 g/mol. The number of hydrogen-bond donors (Lipinski definition) is 0. The van der Waals surface area contributed by atoms with Crippen molar-refractivity contribution in [2.24, 2.45) is 0 Å². The van der Waals surface area contributed by atoms with E-state index in [1.807, 2.05) is 13.8 Å². The van der Waals surface area contributed by atoms with E-state index in [9.17, 15) is 9.59 Å². The van der Waals surface area contributed by atoms with Crippen LogP contribution in [0.15, 0.2) is 0 Å². The third kappa shape index (κ3) is 8.25. The van der Waals surface area contributed by atoms with Crippen molar-refractivity contribution < 1.29 is 18.0 Å². The van der Waals surface area contributed by atoms with E-state index in [2.05, 4.69) is 8.37 Å². The van der Waals surface area contributed by atoms with Gasteiger partial charge < -0.3 is 8.37 Å². The normalized spacial score (nSPS) is 9.57. The van der Waals surface area contributed by atoms with E-state index < -0.39 is 0 Å². The molecular formula is C8H14O4S2. The molecule has 14 heavy (non-hydrogen) atoms. The van der Waals surface area contributed by atoms with E-state index in [1.165, 1.54) is 0 Å². The molecule has 6 heteroatoms. The molecule has 0 N–H and O–H groups in total. The highest BCUT2D eigenvalue weighted by Gasteiger charge is 2.05. The van der Waals surface area contributed by atoms with Gasteiger partial charge in [-0.3, -0.25) is 9.59 Å². The lowest BCUT2D eigenvalue weighted by atomic mass is 10.4. The molecule has 0 amide bonds. The van der Waals surface area contributed by atoms with Crippen LogP contribution < -0.4 is 0 Å². The van der Waals surface area contributed by atoms with Crippen LogP contribution in [0.2, 0.25) is 0 Å². The third-order valence-electron chi connectivity index (χ3n) is 1.19. The van der Waals surface area contributed by atoms with E-state index in [4.69, 9.17) is 0 Å². The molecular weight excluding hydrogens is 224 g/mol. The summed E-state index contributed by atoms with van der Waals surface area (Å²) >= 11 is 1.56. The molecule has 0 heterocycles. The van der Waals surface area contributed by atoms with E-state index in [0.717, 1.165) is 35.0 Å². The van der Waals surface area contributed by atoms with Crippen LogP contribution in [-0.2, 0) is 18.0 Å². The van der Waals surface area contributed by atoms with Gasteiger partial charge in [0.25, 0.3) is 0 Å². The van der Waals surface area contributed by atoms with Crippen LogP contribution in [0.1, 0.15) is 39.5 Å². The van der Waals surface area contributed by atoms with Gasteiger partial charge in [0.1, 0.15) is 0 Å². The van der Waals surface area contributed by atoms with Gasteiger partial charge in [-0.1, -0.05) is 13.8 Å². The lowest BCUT2D eigenvalue weighted by Gasteiger charge is -2.00. The van der Waals surface area contributed by atoms with E-state index in [-0.39, 0.29) is 11.9 Å². The van der Waals surface area contributed by atoms with Crippen LogP contribution in [-0.4, -0.2) is 11.9 Å². The maximum Gasteiger partial charge on any atom is 0.318 e. The Labute approximate surface area is 91.9 Å². The molecule has 0 aromatic carbocycles. The second kappa shape index (κ2) is 9.21. The molecule has 0 aliphatic carbocycles. The molecule has 0 rings (SSSR count). The Kier molecular flexibility index (Phi) is 8.97. The molecule has 0 radical (unpaired) electrons. The van der Waals surface area contributed by atoms with Gasteiger partial charge in [-0.2, -0.15) is 0 Å². The van der Waals surface area contributed by atoms with Crippen molar-refractivity contribution in [1.29, 1.82) is 0 Å². The van der Waals surface area contributed by atoms with Crippen molar-refractivity contribution in [3.05, 3.63) is 0 Å². The summed E-state index contributed by atoms with van der Waals surface area (Å²) in [7, 11) is 0. The van der Waals surface area contributed by atoms with Gasteiger partial charge in [-0.05, 0) is 12.8 Å². The van der Waals surface area contributed by atoms with Gasteiger partial charge in [-0.15, -0.1) is 0 Å². The molecule has 0 saturated heterocycles. The maximum atomic E-state index is 10.8. The molecule has 0 fully saturated rings. The number of hydrogen-bond acceptors (Lipinski definition) is 6. The second-order valence-corrected chi connectivity index (χ2v) is 3.97. The Bertz CT molecular complexity index is 164. The summed E-state index contributed by atoms with van der Waals surface area (Å²) in [4.78, 5) is 21.6. The molecule has 0 aliphatic heterocycles. The summed E-state index contributed by atoms with van der Waals surface area (Å²) in [6, 6.07) is 0. The molecule has 4 nitrogen and oxygen atoms in total. The first-order chi connectivity index (χ1) is 6.70. The Hall–Kier alpha value is -0.360. The standard InChI is InChI=1S/C8H14O4S2/c1-3-5-7(9)11-13-14-12-8(10)6-4-2/h3-6H2,1-2H3. The first-order valence-corrected chi connectivity index (χ1v) is 6.44. The average Bonchev–Trinajstić information content (AvgIpc) is 2.13. The quantitative estimate of drug-likeness (QED) is 0.386. The predicted octanol–water partition coefficient (Wildman–Crippen LogP) is 2.88. The van der Waals surface area contributed by atoms with Crippen LogP contribution in [0.25, 0.3) is 0 Å². The molecule has 0 atom stereocenters. The summed E-state index contributed by atoms with van der Waals surface area (Å²) in [6.45, 7) is 3.78. The minimum absolute atomic E-state index is 0.295. The Balaban J connectivity index is 3.28. The zero-order valence-electron chi connectivity index (χ0n) is 8.28. The van der Waals surface area contributed by atoms with Gasteiger partial charge >= 0.3 is 11.9 Å². The van der Waals surface area contributed by atoms with Crippen LogP contribution in [0.3, 0.4) is 0 Å². The fraction of sp³-hybridized carbons (Fsp3) is 0.750. The van der Waals surface area contributed by atoms with Crippen molar-refractivity contribution in [3.8, 4) is 0 Å². The largest absolute Gasteiger partial charge is 0.376 e. The Morgan fingerprint density at radius 2 is 1.29 bits per heavy atom. The van der Waals surface area contributed by atoms with E-state index in [1.54, 1.807) is 0 Å². The topological polar surface area (TPSA) is 52.6 Å². The molecule has 0 unspecified atom stereocenters. The highest BCUT2D eigenvalue weighted by Crippen LogP contribution is 2.24. The lowest BCUT2D eigenvalue weighted by Crippen LogP contribution is -1.98. The predicted molar refractivity (Wildman–Crippen MR) is 57.2 cm³/mol. The molecule has 0 bridgehead atoms. The fourth-order valence-electron chi connectivity index (χ4n) is 0.595. The summed E-state index contributed by atoms with van der Waals surface area (Å²) in [6.07, 6.45) is 2.27. The minimum atomic E-state index is -0.295. The Morgan fingerprint density at radius 1 is 0.929 bits per heavy atom. The average molecular weight is 238 g/mol. The molecule has 0 aromatic heterocycles. The van der Waals surface area contributed by atoms with E-state index >= 15 is 0 Å². The van der Waals surface area contributed by atoms with Crippen molar-refractivity contribution in [3.63, 3.8) is 0 Å². The van der Waals surface area contributed by atoms with Gasteiger partial charge in [0, 0.05) is 12.8 Å². The highest BCUT2D eigenvalue weighted by molar-refractivity contribution is 8.73. The second-order valence-electron chi connectivity index (χ2n) is 2.55. The van der Waals surface area contributed by atoms with Crippen LogP contribution in [0, 0.1) is 0 Å². The van der Waals surface area contributed by atoms with Gasteiger partial charge in [0.15, 0.2) is 22.1 Å². The molecule has 0 saturated carbocycles. The van der Waals surface area contributed by atoms with Crippen molar-refractivity contribution >= 4 is 34.1 Å². The van der Waals surface area contributed by atoms with Crippen molar-refractivity contribution in [2.75, 3.05) is 0 Å². The zero-order valence-corrected chi connectivity index (χ0v) is 9.91. The lowest BCUT2D eigenvalue weighted by molar-refractivity contribution is -0.134.